The van der Waals surface area contributed by atoms with Crippen LogP contribution >= 0.6 is 11.3 Å². The molecule has 0 fully saturated rings. The zero-order chi connectivity index (χ0) is 42.5. The van der Waals surface area contributed by atoms with Crippen LogP contribution in [0, 0.1) is 0 Å². The Morgan fingerprint density at radius 3 is 1.92 bits per heavy atom. The molecule has 0 atom stereocenters. The standard InChI is InChI=1S/C59H43N3S/c1-3-5-17-38(4-2)57(60)62-58(41-18-7-6-8-19-41)61-37-43-20-15-29-54-55(43)48-36-42(34-35-53(48)63-54)39-30-32-40(33-31-39)44-24-16-28-52-56(44)47-23-11-14-27-51(47)59(52)49-25-12-9-21-45(49)46-22-10-13-26-50(46)59/h3-36H,1,37H2,2H3,(H2,60,61,62)/b17-5-,38-4+. The van der Waals surface area contributed by atoms with Crippen LogP contribution in [0.15, 0.2) is 228 Å². The zero-order valence-electron chi connectivity index (χ0n) is 34.9. The Hall–Kier alpha value is -7.66. The molecule has 0 saturated carbocycles. The van der Waals surface area contributed by atoms with Crippen LogP contribution in [-0.2, 0) is 12.0 Å². The lowest BCUT2D eigenvalue weighted by Gasteiger charge is -2.30. The molecular weight excluding hydrogens is 783 g/mol. The van der Waals surface area contributed by atoms with Crippen LogP contribution in [0.1, 0.15) is 40.3 Å². The number of thiophene rings is 1. The number of hydrogen-bond acceptors (Lipinski definition) is 2. The molecule has 0 aliphatic heterocycles. The first-order valence-corrected chi connectivity index (χ1v) is 22.3. The van der Waals surface area contributed by atoms with E-state index in [9.17, 15) is 0 Å². The minimum absolute atomic E-state index is 0.361. The molecule has 300 valence electrons. The summed E-state index contributed by atoms with van der Waals surface area (Å²) in [6, 6.07) is 66.6. The smallest absolute Gasteiger partial charge is 0.157 e. The summed E-state index contributed by atoms with van der Waals surface area (Å²) in [6.45, 7) is 6.21. The van der Waals surface area contributed by atoms with Gasteiger partial charge in [-0.05, 0) is 97.4 Å². The molecule has 9 aromatic rings. The second-order valence-corrected chi connectivity index (χ2v) is 17.2. The van der Waals surface area contributed by atoms with E-state index in [1.54, 1.807) is 6.08 Å². The van der Waals surface area contributed by atoms with Crippen molar-refractivity contribution in [3.8, 4) is 44.5 Å². The van der Waals surface area contributed by atoms with Crippen LogP contribution < -0.4 is 5.73 Å². The van der Waals surface area contributed by atoms with Crippen molar-refractivity contribution in [2.24, 2.45) is 15.7 Å². The molecule has 0 unspecified atom stereocenters. The largest absolute Gasteiger partial charge is 0.383 e. The molecule has 2 aliphatic carbocycles. The van der Waals surface area contributed by atoms with Crippen LogP contribution in [0.25, 0.3) is 64.7 Å². The molecule has 2 N–H and O–H groups in total. The number of amidine groups is 2. The fourth-order valence-electron chi connectivity index (χ4n) is 10.1. The summed E-state index contributed by atoms with van der Waals surface area (Å²) in [4.78, 5) is 9.98. The van der Waals surface area contributed by atoms with Gasteiger partial charge < -0.3 is 5.73 Å². The average molecular weight is 826 g/mol. The summed E-state index contributed by atoms with van der Waals surface area (Å²) in [5.41, 5.74) is 24.6. The van der Waals surface area contributed by atoms with Gasteiger partial charge in [-0.3, -0.25) is 4.99 Å². The summed E-state index contributed by atoms with van der Waals surface area (Å²) in [6.07, 6.45) is 7.45. The van der Waals surface area contributed by atoms with Crippen molar-refractivity contribution < 1.29 is 0 Å². The van der Waals surface area contributed by atoms with Gasteiger partial charge in [0.1, 0.15) is 5.84 Å². The second-order valence-electron chi connectivity index (χ2n) is 16.1. The van der Waals surface area contributed by atoms with Gasteiger partial charge in [-0.25, -0.2) is 4.99 Å². The first-order chi connectivity index (χ1) is 31.1. The lowest BCUT2D eigenvalue weighted by molar-refractivity contribution is 0.794. The van der Waals surface area contributed by atoms with Crippen molar-refractivity contribution in [3.05, 3.63) is 252 Å². The molecule has 3 nitrogen and oxygen atoms in total. The summed E-state index contributed by atoms with van der Waals surface area (Å²) in [5.74, 6) is 1.00. The molecule has 1 aromatic heterocycles. The molecule has 0 radical (unpaired) electrons. The molecule has 1 heterocycles. The van der Waals surface area contributed by atoms with Crippen LogP contribution in [0.3, 0.4) is 0 Å². The molecule has 8 aromatic carbocycles. The van der Waals surface area contributed by atoms with Gasteiger partial charge in [-0.2, -0.15) is 0 Å². The Bertz CT molecular complexity index is 3350. The van der Waals surface area contributed by atoms with Gasteiger partial charge in [0.15, 0.2) is 5.84 Å². The van der Waals surface area contributed by atoms with Crippen molar-refractivity contribution in [1.82, 2.24) is 0 Å². The van der Waals surface area contributed by atoms with E-state index in [-0.39, 0.29) is 5.41 Å². The summed E-state index contributed by atoms with van der Waals surface area (Å²) >= 11 is 1.82. The highest BCUT2D eigenvalue weighted by molar-refractivity contribution is 7.25. The van der Waals surface area contributed by atoms with Crippen LogP contribution in [-0.4, -0.2) is 11.7 Å². The number of hydrogen-bond donors (Lipinski definition) is 1. The highest BCUT2D eigenvalue weighted by Crippen LogP contribution is 2.63. The van der Waals surface area contributed by atoms with Crippen molar-refractivity contribution in [1.29, 1.82) is 0 Å². The van der Waals surface area contributed by atoms with Gasteiger partial charge in [-0.15, -0.1) is 11.3 Å². The third-order valence-electron chi connectivity index (χ3n) is 12.8. The van der Waals surface area contributed by atoms with Gasteiger partial charge in [0.2, 0.25) is 0 Å². The van der Waals surface area contributed by atoms with E-state index in [1.165, 1.54) is 86.9 Å². The number of rotatable bonds is 8. The minimum atomic E-state index is -0.361. The van der Waals surface area contributed by atoms with Crippen LogP contribution in [0.2, 0.25) is 0 Å². The van der Waals surface area contributed by atoms with E-state index in [0.29, 0.717) is 18.2 Å². The number of allylic oxidation sites excluding steroid dienone is 3. The maximum atomic E-state index is 6.56. The molecule has 0 bridgehead atoms. The minimum Gasteiger partial charge on any atom is -0.383 e. The highest BCUT2D eigenvalue weighted by Gasteiger charge is 2.51. The van der Waals surface area contributed by atoms with Gasteiger partial charge in [0.25, 0.3) is 0 Å². The summed E-state index contributed by atoms with van der Waals surface area (Å²) in [5, 5.41) is 2.46. The maximum absolute atomic E-state index is 6.56. The van der Waals surface area contributed by atoms with E-state index in [0.717, 1.165) is 16.7 Å². The van der Waals surface area contributed by atoms with Gasteiger partial charge in [0, 0.05) is 31.3 Å². The number of benzene rings is 8. The zero-order valence-corrected chi connectivity index (χ0v) is 35.7. The monoisotopic (exact) mass is 825 g/mol. The highest BCUT2D eigenvalue weighted by atomic mass is 32.1. The lowest BCUT2D eigenvalue weighted by Crippen LogP contribution is -2.25. The van der Waals surface area contributed by atoms with Gasteiger partial charge in [-0.1, -0.05) is 195 Å². The third-order valence-corrected chi connectivity index (χ3v) is 13.9. The Labute approximate surface area is 372 Å². The summed E-state index contributed by atoms with van der Waals surface area (Å²) < 4.78 is 2.49. The van der Waals surface area contributed by atoms with Crippen LogP contribution in [0.4, 0.5) is 0 Å². The fourth-order valence-corrected chi connectivity index (χ4v) is 11.2. The van der Waals surface area contributed by atoms with Crippen molar-refractivity contribution in [2.75, 3.05) is 0 Å². The first-order valence-electron chi connectivity index (χ1n) is 21.5. The van der Waals surface area contributed by atoms with Crippen LogP contribution in [0.5, 0.6) is 0 Å². The molecule has 2 aliphatic rings. The first kappa shape index (κ1) is 38.3. The van der Waals surface area contributed by atoms with Gasteiger partial charge in [0.05, 0.1) is 12.0 Å². The molecule has 63 heavy (non-hydrogen) atoms. The average Bonchev–Trinajstić information content (AvgIpc) is 3.98. The fraction of sp³-hybridized carbons (Fsp3) is 0.0508. The van der Waals surface area contributed by atoms with E-state index in [1.807, 2.05) is 66.8 Å². The molecular formula is C59H43N3S. The molecule has 1 spiro atoms. The Morgan fingerprint density at radius 1 is 0.603 bits per heavy atom. The Kier molecular flexibility index (Phi) is 9.52. The molecule has 0 amide bonds. The Morgan fingerprint density at radius 2 is 1.21 bits per heavy atom. The quantitative estimate of drug-likeness (QED) is 0.0926. The Balaban J connectivity index is 0.971. The van der Waals surface area contributed by atoms with Crippen molar-refractivity contribution >= 4 is 43.2 Å². The van der Waals surface area contributed by atoms with Gasteiger partial charge >= 0.3 is 0 Å². The number of aliphatic imine (C=N–C) groups is 2. The maximum Gasteiger partial charge on any atom is 0.157 e. The number of fused-ring (bicyclic) bond motifs is 13. The molecule has 11 rings (SSSR count). The van der Waals surface area contributed by atoms with Crippen molar-refractivity contribution in [3.63, 3.8) is 0 Å². The topological polar surface area (TPSA) is 50.7 Å². The van der Waals surface area contributed by atoms with E-state index in [2.05, 4.69) is 158 Å². The van der Waals surface area contributed by atoms with E-state index in [4.69, 9.17) is 15.7 Å². The SMILES string of the molecule is C=C/C=C\C(=C/C)C(N)=NC(=NCc1cccc2sc3ccc(-c4ccc(-c5cccc6c5-c5ccccc5C65c6ccccc6-c6ccccc65)cc4)cc3c12)c1ccccc1. The normalized spacial score (nSPS) is 14.0. The predicted octanol–water partition coefficient (Wildman–Crippen LogP) is 14.7. The van der Waals surface area contributed by atoms with E-state index >= 15 is 0 Å². The van der Waals surface area contributed by atoms with Crippen molar-refractivity contribution in [2.45, 2.75) is 18.9 Å². The predicted molar refractivity (Wildman–Crippen MR) is 268 cm³/mol. The third kappa shape index (κ3) is 6.17. The number of nitrogens with zero attached hydrogens (tertiary/aromatic N) is 2. The molecule has 4 heteroatoms. The number of nitrogens with two attached hydrogens (primary N) is 1. The molecule has 0 saturated heterocycles. The van der Waals surface area contributed by atoms with E-state index < -0.39 is 0 Å². The second kappa shape index (κ2) is 15.7. The lowest BCUT2D eigenvalue weighted by atomic mass is 9.70. The summed E-state index contributed by atoms with van der Waals surface area (Å²) in [7, 11) is 0.